The van der Waals surface area contributed by atoms with Crippen molar-refractivity contribution in [1.82, 2.24) is 10.6 Å². The van der Waals surface area contributed by atoms with Crippen LogP contribution >= 0.6 is 12.4 Å². The van der Waals surface area contributed by atoms with Crippen LogP contribution in [0.4, 0.5) is 5.69 Å². The number of amides is 2. The van der Waals surface area contributed by atoms with E-state index in [0.29, 0.717) is 5.56 Å². The average Bonchev–Trinajstić information content (AvgIpc) is 3.22. The van der Waals surface area contributed by atoms with Gasteiger partial charge < -0.3 is 16.0 Å². The molecule has 0 radical (unpaired) electrons. The predicted molar refractivity (Wildman–Crippen MR) is 102 cm³/mol. The lowest BCUT2D eigenvalue weighted by atomic mass is 9.91. The van der Waals surface area contributed by atoms with Crippen LogP contribution in [0.2, 0.25) is 0 Å². The molecule has 25 heavy (non-hydrogen) atoms. The van der Waals surface area contributed by atoms with Crippen molar-refractivity contribution in [2.75, 3.05) is 18.4 Å². The highest BCUT2D eigenvalue weighted by molar-refractivity contribution is 5.98. The number of nitrogens with one attached hydrogen (secondary N) is 3. The standard InChI is InChI=1S/C19H27N3O2.ClH/c1-12(2)21-17(23)14-4-5-16(13(3)10-14)22-18(24)15-11-19(15)6-8-20-9-7-19;/h4-5,10,12,15,20H,6-9,11H2,1-3H3,(H,21,23)(H,22,24);1H. The number of piperidine rings is 1. The Morgan fingerprint density at radius 3 is 2.52 bits per heavy atom. The first-order chi connectivity index (χ1) is 11.4. The fraction of sp³-hybridized carbons (Fsp3) is 0.579. The molecule has 1 aliphatic heterocycles. The largest absolute Gasteiger partial charge is 0.350 e. The van der Waals surface area contributed by atoms with Crippen LogP contribution in [0.3, 0.4) is 0 Å². The van der Waals surface area contributed by atoms with Gasteiger partial charge in [-0.2, -0.15) is 0 Å². The average molecular weight is 366 g/mol. The molecule has 1 saturated heterocycles. The molecule has 2 fully saturated rings. The molecule has 138 valence electrons. The highest BCUT2D eigenvalue weighted by Crippen LogP contribution is 2.58. The van der Waals surface area contributed by atoms with E-state index in [9.17, 15) is 9.59 Å². The zero-order valence-corrected chi connectivity index (χ0v) is 16.0. The maximum atomic E-state index is 12.6. The molecule has 6 heteroatoms. The zero-order chi connectivity index (χ0) is 17.3. The molecular weight excluding hydrogens is 338 g/mol. The second-order valence-corrected chi connectivity index (χ2v) is 7.52. The van der Waals surface area contributed by atoms with Gasteiger partial charge in [0.1, 0.15) is 0 Å². The van der Waals surface area contributed by atoms with Gasteiger partial charge in [-0.3, -0.25) is 9.59 Å². The maximum Gasteiger partial charge on any atom is 0.251 e. The minimum atomic E-state index is -0.0816. The molecule has 3 N–H and O–H groups in total. The van der Waals surface area contributed by atoms with Crippen LogP contribution in [0.5, 0.6) is 0 Å². The molecule has 0 aromatic heterocycles. The summed E-state index contributed by atoms with van der Waals surface area (Å²) in [5.74, 6) is 0.184. The van der Waals surface area contributed by atoms with E-state index in [-0.39, 0.29) is 41.6 Å². The summed E-state index contributed by atoms with van der Waals surface area (Å²) in [5, 5.41) is 9.30. The Kier molecular flexibility index (Phi) is 6.12. The van der Waals surface area contributed by atoms with Gasteiger partial charge in [0, 0.05) is 23.2 Å². The Bertz CT molecular complexity index is 654. The molecule has 3 rings (SSSR count). The van der Waals surface area contributed by atoms with Crippen molar-refractivity contribution < 1.29 is 9.59 Å². The Hall–Kier alpha value is -1.59. The minimum absolute atomic E-state index is 0. The summed E-state index contributed by atoms with van der Waals surface area (Å²) in [7, 11) is 0. The van der Waals surface area contributed by atoms with Crippen molar-refractivity contribution in [3.05, 3.63) is 29.3 Å². The van der Waals surface area contributed by atoms with Crippen LogP contribution < -0.4 is 16.0 Å². The lowest BCUT2D eigenvalue weighted by molar-refractivity contribution is -0.118. The first-order valence-electron chi connectivity index (χ1n) is 8.84. The van der Waals surface area contributed by atoms with Crippen molar-refractivity contribution in [2.45, 2.75) is 46.1 Å². The summed E-state index contributed by atoms with van der Waals surface area (Å²) in [5.41, 5.74) is 2.58. The number of carbonyl (C=O) groups is 2. The van der Waals surface area contributed by atoms with Crippen molar-refractivity contribution in [3.8, 4) is 0 Å². The van der Waals surface area contributed by atoms with E-state index in [1.165, 1.54) is 0 Å². The van der Waals surface area contributed by atoms with Crippen LogP contribution in [0.1, 0.15) is 49.0 Å². The third kappa shape index (κ3) is 4.33. The zero-order valence-electron chi connectivity index (χ0n) is 15.1. The molecule has 5 nitrogen and oxygen atoms in total. The molecule has 1 heterocycles. The molecule has 1 aromatic carbocycles. The van der Waals surface area contributed by atoms with Gasteiger partial charge in [0.05, 0.1) is 0 Å². The Balaban J connectivity index is 0.00000225. The second kappa shape index (κ2) is 7.75. The van der Waals surface area contributed by atoms with Gasteiger partial charge >= 0.3 is 0 Å². The molecular formula is C19H28ClN3O2. The third-order valence-corrected chi connectivity index (χ3v) is 5.27. The first kappa shape index (κ1) is 19.7. The van der Waals surface area contributed by atoms with E-state index < -0.39 is 0 Å². The number of hydrogen-bond acceptors (Lipinski definition) is 3. The number of hydrogen-bond donors (Lipinski definition) is 3. The summed E-state index contributed by atoms with van der Waals surface area (Å²) >= 11 is 0. The Morgan fingerprint density at radius 1 is 1.24 bits per heavy atom. The third-order valence-electron chi connectivity index (χ3n) is 5.27. The fourth-order valence-corrected chi connectivity index (χ4v) is 3.71. The van der Waals surface area contributed by atoms with Crippen LogP contribution in [-0.4, -0.2) is 30.9 Å². The van der Waals surface area contributed by atoms with Crippen molar-refractivity contribution in [3.63, 3.8) is 0 Å². The van der Waals surface area contributed by atoms with E-state index in [0.717, 1.165) is 43.6 Å². The van der Waals surface area contributed by atoms with Gasteiger partial charge in [0.2, 0.25) is 5.91 Å². The monoisotopic (exact) mass is 365 g/mol. The highest BCUT2D eigenvalue weighted by atomic mass is 35.5. The number of anilines is 1. The fourth-order valence-electron chi connectivity index (χ4n) is 3.71. The van der Waals surface area contributed by atoms with Crippen LogP contribution in [0.25, 0.3) is 0 Å². The molecule has 1 aliphatic carbocycles. The molecule has 2 amide bonds. The number of carbonyl (C=O) groups excluding carboxylic acids is 2. The van der Waals surface area contributed by atoms with Gasteiger partial charge in [-0.05, 0) is 82.3 Å². The summed E-state index contributed by atoms with van der Waals surface area (Å²) < 4.78 is 0. The van der Waals surface area contributed by atoms with Crippen LogP contribution in [0.15, 0.2) is 18.2 Å². The van der Waals surface area contributed by atoms with Crippen molar-refractivity contribution in [1.29, 1.82) is 0 Å². The summed E-state index contributed by atoms with van der Waals surface area (Å²) in [6, 6.07) is 5.54. The van der Waals surface area contributed by atoms with Crippen LogP contribution in [-0.2, 0) is 4.79 Å². The SMILES string of the molecule is Cc1cc(C(=O)NC(C)C)ccc1NC(=O)C1CC12CCNCC2.Cl. The van der Waals surface area contributed by atoms with E-state index in [1.54, 1.807) is 6.07 Å². The molecule has 1 aromatic rings. The number of rotatable bonds is 4. The molecule has 0 bridgehead atoms. The Morgan fingerprint density at radius 2 is 1.92 bits per heavy atom. The summed E-state index contributed by atoms with van der Waals surface area (Å²) in [6.45, 7) is 7.83. The van der Waals surface area contributed by atoms with Gasteiger partial charge in [-0.1, -0.05) is 0 Å². The molecule has 1 saturated carbocycles. The molecule has 1 spiro atoms. The van der Waals surface area contributed by atoms with E-state index in [4.69, 9.17) is 0 Å². The number of aryl methyl sites for hydroxylation is 1. The lowest BCUT2D eigenvalue weighted by Gasteiger charge is -2.23. The summed E-state index contributed by atoms with van der Waals surface area (Å²) in [6.07, 6.45) is 3.20. The van der Waals surface area contributed by atoms with Crippen LogP contribution in [0, 0.1) is 18.3 Å². The molecule has 1 unspecified atom stereocenters. The topological polar surface area (TPSA) is 70.2 Å². The predicted octanol–water partition coefficient (Wildman–Crippen LogP) is 2.88. The Labute approximate surface area is 155 Å². The van der Waals surface area contributed by atoms with Gasteiger partial charge in [0.15, 0.2) is 0 Å². The normalized spacial score (nSPS) is 20.7. The smallest absolute Gasteiger partial charge is 0.251 e. The van der Waals surface area contributed by atoms with Gasteiger partial charge in [-0.25, -0.2) is 0 Å². The quantitative estimate of drug-likeness (QED) is 0.768. The highest BCUT2D eigenvalue weighted by Gasteiger charge is 2.57. The minimum Gasteiger partial charge on any atom is -0.350 e. The van der Waals surface area contributed by atoms with Gasteiger partial charge in [0.25, 0.3) is 5.91 Å². The van der Waals surface area contributed by atoms with Crippen molar-refractivity contribution in [2.24, 2.45) is 11.3 Å². The molecule has 2 aliphatic rings. The second-order valence-electron chi connectivity index (χ2n) is 7.52. The summed E-state index contributed by atoms with van der Waals surface area (Å²) in [4.78, 5) is 24.6. The maximum absolute atomic E-state index is 12.6. The first-order valence-corrected chi connectivity index (χ1v) is 8.84. The van der Waals surface area contributed by atoms with E-state index in [2.05, 4.69) is 16.0 Å². The number of benzene rings is 1. The lowest BCUT2D eigenvalue weighted by Crippen LogP contribution is -2.31. The van der Waals surface area contributed by atoms with Crippen molar-refractivity contribution >= 4 is 29.9 Å². The van der Waals surface area contributed by atoms with Gasteiger partial charge in [-0.15, -0.1) is 12.4 Å². The van der Waals surface area contributed by atoms with E-state index >= 15 is 0 Å². The van der Waals surface area contributed by atoms with E-state index in [1.807, 2.05) is 32.9 Å². The molecule has 1 atom stereocenters. The number of halogens is 1.